The van der Waals surface area contributed by atoms with E-state index in [0.717, 1.165) is 19.4 Å². The van der Waals surface area contributed by atoms with Gasteiger partial charge < -0.3 is 5.32 Å². The van der Waals surface area contributed by atoms with Gasteiger partial charge in [-0.25, -0.2) is 13.1 Å². The lowest BCUT2D eigenvalue weighted by molar-refractivity contribution is -0.387. The molecule has 2 N–H and O–H groups in total. The maximum atomic E-state index is 12.2. The van der Waals surface area contributed by atoms with Crippen molar-refractivity contribution >= 4 is 28.1 Å². The van der Waals surface area contributed by atoms with Gasteiger partial charge in [0.05, 0.1) is 4.92 Å². The molecule has 7 nitrogen and oxygen atoms in total. The number of nitrogens with one attached hydrogen (secondary N) is 2. The van der Waals surface area contributed by atoms with Crippen molar-refractivity contribution in [3.05, 3.63) is 34.4 Å². The summed E-state index contributed by atoms with van der Waals surface area (Å²) in [5.74, 6) is 0. The summed E-state index contributed by atoms with van der Waals surface area (Å²) < 4.78 is 26.9. The summed E-state index contributed by atoms with van der Waals surface area (Å²) in [6, 6.07) is 5.13. The third-order valence-corrected chi connectivity index (χ3v) is 4.54. The van der Waals surface area contributed by atoms with Gasteiger partial charge in [-0.15, -0.1) is 12.4 Å². The van der Waals surface area contributed by atoms with Crippen LogP contribution in [0.4, 0.5) is 5.69 Å². The van der Waals surface area contributed by atoms with Crippen molar-refractivity contribution in [3.63, 3.8) is 0 Å². The van der Waals surface area contributed by atoms with Gasteiger partial charge >= 0.3 is 0 Å². The molecule has 9 heteroatoms. The Morgan fingerprint density at radius 3 is 2.65 bits per heavy atom. The van der Waals surface area contributed by atoms with Gasteiger partial charge in [0.2, 0.25) is 10.0 Å². The quantitative estimate of drug-likeness (QED) is 0.637. The third-order valence-electron chi connectivity index (χ3n) is 2.97. The summed E-state index contributed by atoms with van der Waals surface area (Å²) >= 11 is 0. The van der Waals surface area contributed by atoms with Gasteiger partial charge in [0.1, 0.15) is 0 Å². The average Bonchev–Trinajstić information content (AvgIpc) is 2.39. The number of hydrogen-bond donors (Lipinski definition) is 2. The summed E-state index contributed by atoms with van der Waals surface area (Å²) in [6.07, 6.45) is 1.61. The minimum absolute atomic E-state index is 0. The second-order valence-electron chi connectivity index (χ2n) is 4.39. The molecule has 0 amide bonds. The van der Waals surface area contributed by atoms with Gasteiger partial charge in [0.25, 0.3) is 5.69 Å². The van der Waals surface area contributed by atoms with Crippen LogP contribution in [0.1, 0.15) is 12.8 Å². The minimum Gasteiger partial charge on any atom is -0.315 e. The predicted molar refractivity (Wildman–Crippen MR) is 76.6 cm³/mol. The zero-order chi connectivity index (χ0) is 13.9. The maximum absolute atomic E-state index is 12.2. The smallest absolute Gasteiger partial charge is 0.289 e. The van der Waals surface area contributed by atoms with E-state index in [0.29, 0.717) is 6.54 Å². The number of piperidine rings is 1. The van der Waals surface area contributed by atoms with E-state index in [-0.39, 0.29) is 23.3 Å². The van der Waals surface area contributed by atoms with Crippen molar-refractivity contribution in [2.24, 2.45) is 0 Å². The molecule has 1 aromatic carbocycles. The van der Waals surface area contributed by atoms with E-state index in [1.165, 1.54) is 24.3 Å². The number of sulfonamides is 1. The fraction of sp³-hybridized carbons (Fsp3) is 0.455. The third kappa shape index (κ3) is 3.89. The lowest BCUT2D eigenvalue weighted by atomic mass is 10.1. The average molecular weight is 322 g/mol. The van der Waals surface area contributed by atoms with Crippen LogP contribution in [0.5, 0.6) is 0 Å². The van der Waals surface area contributed by atoms with Crippen molar-refractivity contribution < 1.29 is 13.3 Å². The maximum Gasteiger partial charge on any atom is 0.289 e. The topological polar surface area (TPSA) is 101 Å². The standard InChI is InChI=1S/C11H15N3O4S.ClH/c15-14(16)10-5-1-2-6-11(10)19(17,18)13-9-4-3-7-12-8-9;/h1-2,5-6,9,12-13H,3-4,7-8H2;1H/t9-;/m0./s1. The van der Waals surface area contributed by atoms with E-state index in [2.05, 4.69) is 10.0 Å². The zero-order valence-electron chi connectivity index (χ0n) is 10.6. The lowest BCUT2D eigenvalue weighted by Crippen LogP contribution is -2.45. The molecule has 1 aliphatic heterocycles. The zero-order valence-corrected chi connectivity index (χ0v) is 12.2. The SMILES string of the molecule is Cl.O=[N+]([O-])c1ccccc1S(=O)(=O)N[C@H]1CCCNC1. The Morgan fingerprint density at radius 2 is 2.05 bits per heavy atom. The minimum atomic E-state index is -3.87. The molecule has 2 rings (SSSR count). The van der Waals surface area contributed by atoms with Crippen molar-refractivity contribution in [3.8, 4) is 0 Å². The second kappa shape index (κ2) is 6.98. The number of rotatable bonds is 4. The molecule has 1 saturated heterocycles. The Kier molecular flexibility index (Phi) is 5.88. The number of nitro groups is 1. The normalized spacial score (nSPS) is 19.1. The van der Waals surface area contributed by atoms with Crippen LogP contribution in [0.25, 0.3) is 0 Å². The van der Waals surface area contributed by atoms with Crippen molar-refractivity contribution in [1.82, 2.24) is 10.0 Å². The molecule has 0 unspecified atom stereocenters. The van der Waals surface area contributed by atoms with E-state index in [1.54, 1.807) is 0 Å². The molecule has 1 atom stereocenters. The van der Waals surface area contributed by atoms with Crippen LogP contribution in [0.15, 0.2) is 29.2 Å². The van der Waals surface area contributed by atoms with Crippen molar-refractivity contribution in [1.29, 1.82) is 0 Å². The van der Waals surface area contributed by atoms with Gasteiger partial charge in [-0.3, -0.25) is 10.1 Å². The molecule has 1 aromatic rings. The Hall–Kier alpha value is -1.22. The fourth-order valence-electron chi connectivity index (χ4n) is 2.07. The van der Waals surface area contributed by atoms with E-state index < -0.39 is 20.6 Å². The molecule has 0 aromatic heterocycles. The first-order chi connectivity index (χ1) is 9.00. The summed E-state index contributed by atoms with van der Waals surface area (Å²) in [4.78, 5) is 9.89. The monoisotopic (exact) mass is 321 g/mol. The van der Waals surface area contributed by atoms with Crippen molar-refractivity contribution in [2.75, 3.05) is 13.1 Å². The summed E-state index contributed by atoms with van der Waals surface area (Å²) in [7, 11) is -3.87. The molecule has 0 bridgehead atoms. The van der Waals surface area contributed by atoms with Gasteiger partial charge in [0.15, 0.2) is 4.90 Å². The van der Waals surface area contributed by atoms with E-state index in [9.17, 15) is 18.5 Å². The Bertz CT molecular complexity index is 573. The molecule has 0 radical (unpaired) electrons. The molecule has 1 fully saturated rings. The first-order valence-electron chi connectivity index (χ1n) is 5.97. The number of nitrogens with zero attached hydrogens (tertiary/aromatic N) is 1. The molecule has 0 saturated carbocycles. The Labute approximate surface area is 123 Å². The molecular weight excluding hydrogens is 306 g/mol. The highest BCUT2D eigenvalue weighted by atomic mass is 35.5. The van der Waals surface area contributed by atoms with Gasteiger partial charge in [-0.1, -0.05) is 12.1 Å². The van der Waals surface area contributed by atoms with Crippen LogP contribution in [-0.4, -0.2) is 32.5 Å². The van der Waals surface area contributed by atoms with E-state index in [1.807, 2.05) is 0 Å². The number of benzene rings is 1. The number of hydrogen-bond acceptors (Lipinski definition) is 5. The molecule has 0 aliphatic carbocycles. The van der Waals surface area contributed by atoms with Crippen molar-refractivity contribution in [2.45, 2.75) is 23.8 Å². The summed E-state index contributed by atoms with van der Waals surface area (Å²) in [6.45, 7) is 1.41. The van der Waals surface area contributed by atoms with Crippen LogP contribution in [0.2, 0.25) is 0 Å². The largest absolute Gasteiger partial charge is 0.315 e. The highest BCUT2D eigenvalue weighted by Gasteiger charge is 2.28. The summed E-state index contributed by atoms with van der Waals surface area (Å²) in [5.41, 5.74) is -0.404. The van der Waals surface area contributed by atoms with Gasteiger partial charge in [0, 0.05) is 18.7 Å². The highest BCUT2D eigenvalue weighted by molar-refractivity contribution is 7.89. The predicted octanol–water partition coefficient (Wildman–Crippen LogP) is 1.05. The summed E-state index contributed by atoms with van der Waals surface area (Å²) in [5, 5.41) is 13.9. The van der Waals surface area contributed by atoms with Crippen LogP contribution >= 0.6 is 12.4 Å². The van der Waals surface area contributed by atoms with Crippen LogP contribution in [0, 0.1) is 10.1 Å². The number of nitro benzene ring substituents is 1. The first-order valence-corrected chi connectivity index (χ1v) is 7.45. The molecule has 0 spiro atoms. The lowest BCUT2D eigenvalue weighted by Gasteiger charge is -2.23. The highest BCUT2D eigenvalue weighted by Crippen LogP contribution is 2.23. The second-order valence-corrected chi connectivity index (χ2v) is 6.07. The molecule has 1 heterocycles. The molecule has 112 valence electrons. The Balaban J connectivity index is 0.00000200. The van der Waals surface area contributed by atoms with Crippen LogP contribution in [0.3, 0.4) is 0 Å². The molecule has 20 heavy (non-hydrogen) atoms. The van der Waals surface area contributed by atoms with E-state index >= 15 is 0 Å². The number of para-hydroxylation sites is 1. The fourth-order valence-corrected chi connectivity index (χ4v) is 3.51. The Morgan fingerprint density at radius 1 is 1.35 bits per heavy atom. The van der Waals surface area contributed by atoms with Crippen LogP contribution in [-0.2, 0) is 10.0 Å². The molecule has 1 aliphatic rings. The molecular formula is C11H16ClN3O4S. The van der Waals surface area contributed by atoms with Crippen LogP contribution < -0.4 is 10.0 Å². The van der Waals surface area contributed by atoms with Gasteiger partial charge in [-0.05, 0) is 25.5 Å². The van der Waals surface area contributed by atoms with Gasteiger partial charge in [-0.2, -0.15) is 0 Å². The van der Waals surface area contributed by atoms with E-state index in [4.69, 9.17) is 0 Å². The first kappa shape index (κ1) is 16.8. The number of halogens is 1.